The molecule has 27 heavy (non-hydrogen) atoms. The van der Waals surface area contributed by atoms with Gasteiger partial charge in [-0.1, -0.05) is 24.3 Å². The average molecular weight is 367 g/mol. The number of amides is 1. The van der Waals surface area contributed by atoms with Gasteiger partial charge in [0, 0.05) is 13.7 Å². The van der Waals surface area contributed by atoms with Crippen molar-refractivity contribution in [2.75, 3.05) is 20.8 Å². The highest BCUT2D eigenvalue weighted by Crippen LogP contribution is 2.15. The number of fused-ring (bicyclic) bond motifs is 1. The molecule has 0 atom stereocenters. The minimum Gasteiger partial charge on any atom is -0.497 e. The first-order valence-electron chi connectivity index (χ1n) is 8.48. The molecule has 7 nitrogen and oxygen atoms in total. The number of ether oxygens (including phenoxy) is 2. The van der Waals surface area contributed by atoms with Crippen molar-refractivity contribution in [3.05, 3.63) is 70.3 Å². The number of hydrogen-bond acceptors (Lipinski definition) is 5. The van der Waals surface area contributed by atoms with Gasteiger partial charge in [-0.25, -0.2) is 4.98 Å². The number of benzene rings is 2. The molecule has 0 fully saturated rings. The Morgan fingerprint density at radius 2 is 1.81 bits per heavy atom. The maximum atomic E-state index is 12.5. The zero-order chi connectivity index (χ0) is 19.2. The monoisotopic (exact) mass is 367 g/mol. The SMILES string of the molecule is COCC(=O)N(Cc1ccc(OC)cc1)Cc1nc2ccccc2c(=O)[nH]1. The topological polar surface area (TPSA) is 84.5 Å². The smallest absolute Gasteiger partial charge is 0.258 e. The van der Waals surface area contributed by atoms with Crippen molar-refractivity contribution in [2.45, 2.75) is 13.1 Å². The molecule has 0 aliphatic carbocycles. The van der Waals surface area contributed by atoms with Gasteiger partial charge >= 0.3 is 0 Å². The van der Waals surface area contributed by atoms with Gasteiger partial charge in [0.2, 0.25) is 5.91 Å². The van der Waals surface area contributed by atoms with Crippen molar-refractivity contribution in [3.63, 3.8) is 0 Å². The van der Waals surface area contributed by atoms with Crippen molar-refractivity contribution in [1.29, 1.82) is 0 Å². The van der Waals surface area contributed by atoms with Crippen LogP contribution in [0.15, 0.2) is 53.3 Å². The van der Waals surface area contributed by atoms with E-state index in [0.29, 0.717) is 23.3 Å². The maximum absolute atomic E-state index is 12.5. The van der Waals surface area contributed by atoms with Crippen LogP contribution in [0.25, 0.3) is 10.9 Å². The zero-order valence-corrected chi connectivity index (χ0v) is 15.3. The number of carbonyl (C=O) groups excluding carboxylic acids is 1. The van der Waals surface area contributed by atoms with Gasteiger partial charge in [0.25, 0.3) is 5.56 Å². The van der Waals surface area contributed by atoms with Crippen molar-refractivity contribution < 1.29 is 14.3 Å². The Hall–Kier alpha value is -3.19. The molecule has 7 heteroatoms. The third-order valence-corrected chi connectivity index (χ3v) is 4.16. The third kappa shape index (κ3) is 4.51. The molecule has 140 valence electrons. The van der Waals surface area contributed by atoms with Crippen molar-refractivity contribution >= 4 is 16.8 Å². The molecule has 0 saturated carbocycles. The summed E-state index contributed by atoms with van der Waals surface area (Å²) in [5.74, 6) is 0.981. The van der Waals surface area contributed by atoms with E-state index < -0.39 is 0 Å². The highest BCUT2D eigenvalue weighted by Gasteiger charge is 2.16. The van der Waals surface area contributed by atoms with Crippen molar-refractivity contribution in [2.24, 2.45) is 0 Å². The van der Waals surface area contributed by atoms with Crippen LogP contribution in [-0.4, -0.2) is 41.6 Å². The minimum absolute atomic E-state index is 0.0477. The first-order chi connectivity index (χ1) is 13.1. The fourth-order valence-corrected chi connectivity index (χ4v) is 2.79. The Kier molecular flexibility index (Phi) is 5.83. The first-order valence-corrected chi connectivity index (χ1v) is 8.48. The predicted molar refractivity (Wildman–Crippen MR) is 101 cm³/mol. The number of methoxy groups -OCH3 is 2. The van der Waals surface area contributed by atoms with Crippen LogP contribution in [0.3, 0.4) is 0 Å². The van der Waals surface area contributed by atoms with Gasteiger partial charge in [0.1, 0.15) is 18.2 Å². The molecule has 0 radical (unpaired) electrons. The molecule has 3 rings (SSSR count). The van der Waals surface area contributed by atoms with E-state index in [0.717, 1.165) is 11.3 Å². The van der Waals surface area contributed by atoms with Crippen LogP contribution >= 0.6 is 0 Å². The van der Waals surface area contributed by atoms with E-state index in [-0.39, 0.29) is 24.6 Å². The van der Waals surface area contributed by atoms with E-state index in [9.17, 15) is 9.59 Å². The molecule has 0 unspecified atom stereocenters. The fourth-order valence-electron chi connectivity index (χ4n) is 2.79. The second-order valence-electron chi connectivity index (χ2n) is 6.06. The van der Waals surface area contributed by atoms with Crippen LogP contribution in [0.4, 0.5) is 0 Å². The summed E-state index contributed by atoms with van der Waals surface area (Å²) < 4.78 is 10.1. The Morgan fingerprint density at radius 3 is 2.52 bits per heavy atom. The van der Waals surface area contributed by atoms with Crippen LogP contribution in [0, 0.1) is 0 Å². The van der Waals surface area contributed by atoms with Crippen LogP contribution in [-0.2, 0) is 22.6 Å². The molecule has 0 saturated heterocycles. The van der Waals surface area contributed by atoms with E-state index in [2.05, 4.69) is 9.97 Å². The van der Waals surface area contributed by atoms with Crippen molar-refractivity contribution in [1.82, 2.24) is 14.9 Å². The number of para-hydroxylation sites is 1. The molecule has 0 bridgehead atoms. The van der Waals surface area contributed by atoms with E-state index in [1.54, 1.807) is 30.2 Å². The summed E-state index contributed by atoms with van der Waals surface area (Å²) in [5.41, 5.74) is 1.31. The van der Waals surface area contributed by atoms with Gasteiger partial charge in [-0.15, -0.1) is 0 Å². The number of hydrogen-bond donors (Lipinski definition) is 1. The number of aromatic nitrogens is 2. The lowest BCUT2D eigenvalue weighted by molar-refractivity contribution is -0.136. The molecule has 1 heterocycles. The van der Waals surface area contributed by atoms with Gasteiger partial charge in [-0.05, 0) is 29.8 Å². The molecular formula is C20H21N3O4. The van der Waals surface area contributed by atoms with E-state index in [1.165, 1.54) is 7.11 Å². The lowest BCUT2D eigenvalue weighted by Gasteiger charge is -2.22. The summed E-state index contributed by atoms with van der Waals surface area (Å²) in [4.78, 5) is 33.6. The molecule has 0 aliphatic heterocycles. The number of rotatable bonds is 7. The van der Waals surface area contributed by atoms with Crippen LogP contribution in [0.5, 0.6) is 5.75 Å². The van der Waals surface area contributed by atoms with Gasteiger partial charge in [-0.2, -0.15) is 0 Å². The van der Waals surface area contributed by atoms with E-state index >= 15 is 0 Å². The molecule has 2 aromatic carbocycles. The third-order valence-electron chi connectivity index (χ3n) is 4.16. The molecule has 3 aromatic rings. The number of nitrogens with one attached hydrogen (secondary N) is 1. The molecule has 1 amide bonds. The quantitative estimate of drug-likeness (QED) is 0.691. The Bertz CT molecular complexity index is 982. The largest absolute Gasteiger partial charge is 0.497 e. The lowest BCUT2D eigenvalue weighted by Crippen LogP contribution is -2.34. The van der Waals surface area contributed by atoms with E-state index in [1.807, 2.05) is 30.3 Å². The zero-order valence-electron chi connectivity index (χ0n) is 15.3. The second-order valence-corrected chi connectivity index (χ2v) is 6.06. The molecule has 0 aliphatic rings. The van der Waals surface area contributed by atoms with Gasteiger partial charge in [0.05, 0.1) is 24.6 Å². The highest BCUT2D eigenvalue weighted by molar-refractivity contribution is 5.78. The van der Waals surface area contributed by atoms with Crippen LogP contribution in [0.1, 0.15) is 11.4 Å². The lowest BCUT2D eigenvalue weighted by atomic mass is 10.2. The highest BCUT2D eigenvalue weighted by atomic mass is 16.5. The Balaban J connectivity index is 1.86. The summed E-state index contributed by atoms with van der Waals surface area (Å²) in [5, 5.41) is 0.520. The van der Waals surface area contributed by atoms with Crippen LogP contribution in [0.2, 0.25) is 0 Å². The second kappa shape index (κ2) is 8.46. The summed E-state index contributed by atoms with van der Waals surface area (Å²) in [7, 11) is 3.07. The van der Waals surface area contributed by atoms with Crippen molar-refractivity contribution in [3.8, 4) is 5.75 Å². The standard InChI is InChI=1S/C20H21N3O4/c1-26-13-19(24)23(11-14-7-9-15(27-2)10-8-14)12-18-21-17-6-4-3-5-16(17)20(25)22-18/h3-10H,11-13H2,1-2H3,(H,21,22,25). The molecule has 1 N–H and O–H groups in total. The summed E-state index contributed by atoms with van der Waals surface area (Å²) in [6.07, 6.45) is 0. The summed E-state index contributed by atoms with van der Waals surface area (Å²) >= 11 is 0. The average Bonchev–Trinajstić information content (AvgIpc) is 2.68. The molecule has 0 spiro atoms. The fraction of sp³-hybridized carbons (Fsp3) is 0.250. The Morgan fingerprint density at radius 1 is 1.07 bits per heavy atom. The summed E-state index contributed by atoms with van der Waals surface area (Å²) in [6.45, 7) is 0.491. The van der Waals surface area contributed by atoms with Gasteiger partial charge in [0.15, 0.2) is 0 Å². The Labute approximate surface area is 156 Å². The normalized spacial score (nSPS) is 10.7. The number of nitrogens with zero attached hydrogens (tertiary/aromatic N) is 2. The van der Waals surface area contributed by atoms with E-state index in [4.69, 9.17) is 9.47 Å². The predicted octanol–water partition coefficient (Wildman–Crippen LogP) is 2.11. The maximum Gasteiger partial charge on any atom is 0.258 e. The minimum atomic E-state index is -0.223. The van der Waals surface area contributed by atoms with Gasteiger partial charge in [-0.3, -0.25) is 9.59 Å². The number of aromatic amines is 1. The van der Waals surface area contributed by atoms with Crippen LogP contribution < -0.4 is 10.3 Å². The molecular weight excluding hydrogens is 346 g/mol. The van der Waals surface area contributed by atoms with Gasteiger partial charge < -0.3 is 19.4 Å². The molecule has 1 aromatic heterocycles. The number of carbonyl (C=O) groups is 1. The number of H-pyrrole nitrogens is 1. The first kappa shape index (κ1) is 18.6. The summed E-state index contributed by atoms with van der Waals surface area (Å²) in [6, 6.07) is 14.6.